The first-order valence-electron chi connectivity index (χ1n) is 6.82. The van der Waals surface area contributed by atoms with Crippen LogP contribution in [-0.4, -0.2) is 45.5 Å². The van der Waals surface area contributed by atoms with E-state index >= 15 is 0 Å². The van der Waals surface area contributed by atoms with Gasteiger partial charge < -0.3 is 10.6 Å². The second kappa shape index (κ2) is 6.78. The van der Waals surface area contributed by atoms with Crippen molar-refractivity contribution in [1.29, 1.82) is 0 Å². The molecule has 0 unspecified atom stereocenters. The minimum Gasteiger partial charge on any atom is -0.329 e. The Hall–Kier alpha value is -1.09. The lowest BCUT2D eigenvalue weighted by molar-refractivity contribution is 0.212. The molecule has 118 valence electrons. The average molecular weight is 319 g/mol. The summed E-state index contributed by atoms with van der Waals surface area (Å²) in [6, 6.07) is 2.20. The van der Waals surface area contributed by atoms with Crippen molar-refractivity contribution in [2.24, 2.45) is 5.73 Å². The van der Waals surface area contributed by atoms with Gasteiger partial charge in [0.15, 0.2) is 0 Å². The quantitative estimate of drug-likeness (QED) is 0.836. The van der Waals surface area contributed by atoms with Crippen LogP contribution in [0.25, 0.3) is 0 Å². The SMILES string of the molecule is NCCN1CCC(NS(=O)(=O)c2ccc(F)cc2F)CC1. The zero-order chi connectivity index (χ0) is 15.5. The average Bonchev–Trinajstić information content (AvgIpc) is 2.40. The number of likely N-dealkylation sites (tertiary alicyclic amines) is 1. The molecule has 1 aliphatic heterocycles. The van der Waals surface area contributed by atoms with Crippen LogP contribution in [0, 0.1) is 11.6 Å². The Morgan fingerprint density at radius 1 is 1.29 bits per heavy atom. The van der Waals surface area contributed by atoms with Gasteiger partial charge in [-0.05, 0) is 38.1 Å². The zero-order valence-corrected chi connectivity index (χ0v) is 12.4. The van der Waals surface area contributed by atoms with Crippen molar-refractivity contribution < 1.29 is 17.2 Å². The molecule has 0 amide bonds. The fourth-order valence-corrected chi connectivity index (χ4v) is 3.80. The molecule has 1 aromatic rings. The molecular weight excluding hydrogens is 300 g/mol. The summed E-state index contributed by atoms with van der Waals surface area (Å²) in [5, 5.41) is 0. The maximum Gasteiger partial charge on any atom is 0.243 e. The molecule has 8 heteroatoms. The molecule has 0 atom stereocenters. The molecule has 0 bridgehead atoms. The van der Waals surface area contributed by atoms with Crippen LogP contribution in [0.15, 0.2) is 23.1 Å². The monoisotopic (exact) mass is 319 g/mol. The van der Waals surface area contributed by atoms with E-state index in [-0.39, 0.29) is 6.04 Å². The standard InChI is InChI=1S/C13H19F2N3O2S/c14-10-1-2-13(12(15)9-10)21(19,20)17-11-3-6-18(7-4-11)8-5-16/h1-2,9,11,17H,3-8,16H2. The van der Waals surface area contributed by atoms with Crippen molar-refractivity contribution in [3.8, 4) is 0 Å². The van der Waals surface area contributed by atoms with Crippen molar-refractivity contribution in [3.63, 3.8) is 0 Å². The van der Waals surface area contributed by atoms with Gasteiger partial charge in [0.25, 0.3) is 0 Å². The second-order valence-corrected chi connectivity index (χ2v) is 6.78. The molecule has 0 radical (unpaired) electrons. The van der Waals surface area contributed by atoms with Crippen LogP contribution < -0.4 is 10.5 Å². The number of halogens is 2. The lowest BCUT2D eigenvalue weighted by atomic mass is 10.1. The van der Waals surface area contributed by atoms with E-state index in [2.05, 4.69) is 9.62 Å². The highest BCUT2D eigenvalue weighted by Crippen LogP contribution is 2.18. The number of hydrogen-bond acceptors (Lipinski definition) is 4. The third-order valence-corrected chi connectivity index (χ3v) is 5.09. The highest BCUT2D eigenvalue weighted by atomic mass is 32.2. The predicted octanol–water partition coefficient (Wildman–Crippen LogP) is 0.666. The molecule has 2 rings (SSSR count). The van der Waals surface area contributed by atoms with Crippen LogP contribution >= 0.6 is 0 Å². The van der Waals surface area contributed by atoms with Gasteiger partial charge in [-0.1, -0.05) is 0 Å². The van der Waals surface area contributed by atoms with E-state index in [9.17, 15) is 17.2 Å². The van der Waals surface area contributed by atoms with Gasteiger partial charge in [-0.25, -0.2) is 21.9 Å². The molecule has 21 heavy (non-hydrogen) atoms. The summed E-state index contributed by atoms with van der Waals surface area (Å²) in [4.78, 5) is 1.64. The molecule has 1 heterocycles. The summed E-state index contributed by atoms with van der Waals surface area (Å²) < 4.78 is 53.2. The molecule has 1 fully saturated rings. The zero-order valence-electron chi connectivity index (χ0n) is 11.6. The largest absolute Gasteiger partial charge is 0.329 e. The maximum atomic E-state index is 13.6. The van der Waals surface area contributed by atoms with Gasteiger partial charge in [0.05, 0.1) is 0 Å². The molecule has 0 saturated carbocycles. The molecule has 0 spiro atoms. The van der Waals surface area contributed by atoms with Gasteiger partial charge in [0.2, 0.25) is 10.0 Å². The second-order valence-electron chi connectivity index (χ2n) is 5.10. The topological polar surface area (TPSA) is 75.4 Å². The number of hydrogen-bond donors (Lipinski definition) is 2. The maximum absolute atomic E-state index is 13.6. The number of rotatable bonds is 5. The number of sulfonamides is 1. The van der Waals surface area contributed by atoms with E-state index in [0.29, 0.717) is 25.5 Å². The first-order chi connectivity index (χ1) is 9.92. The summed E-state index contributed by atoms with van der Waals surface area (Å²) in [6.45, 7) is 2.84. The fraction of sp³-hybridized carbons (Fsp3) is 0.538. The van der Waals surface area contributed by atoms with Gasteiger partial charge >= 0.3 is 0 Å². The lowest BCUT2D eigenvalue weighted by Gasteiger charge is -2.31. The number of nitrogens with zero attached hydrogens (tertiary/aromatic N) is 1. The van der Waals surface area contributed by atoms with Crippen molar-refractivity contribution >= 4 is 10.0 Å². The highest BCUT2D eigenvalue weighted by molar-refractivity contribution is 7.89. The van der Waals surface area contributed by atoms with Gasteiger partial charge in [0, 0.05) is 25.2 Å². The first-order valence-corrected chi connectivity index (χ1v) is 8.30. The van der Waals surface area contributed by atoms with E-state index < -0.39 is 26.6 Å². The van der Waals surface area contributed by atoms with E-state index in [0.717, 1.165) is 31.8 Å². The minimum atomic E-state index is -3.97. The van der Waals surface area contributed by atoms with Crippen molar-refractivity contribution in [2.45, 2.75) is 23.8 Å². The van der Waals surface area contributed by atoms with E-state index in [1.807, 2.05) is 0 Å². The molecule has 1 aromatic carbocycles. The Bertz CT molecular complexity index is 587. The lowest BCUT2D eigenvalue weighted by Crippen LogP contribution is -2.45. The smallest absolute Gasteiger partial charge is 0.243 e. The Morgan fingerprint density at radius 3 is 2.52 bits per heavy atom. The third-order valence-electron chi connectivity index (χ3n) is 3.54. The third kappa shape index (κ3) is 4.19. The van der Waals surface area contributed by atoms with E-state index in [1.54, 1.807) is 0 Å². The normalized spacial score (nSPS) is 18.0. The Balaban J connectivity index is 2.02. The number of nitrogens with two attached hydrogens (primary N) is 1. The van der Waals surface area contributed by atoms with E-state index in [4.69, 9.17) is 5.73 Å². The van der Waals surface area contributed by atoms with Crippen molar-refractivity contribution in [3.05, 3.63) is 29.8 Å². The molecular formula is C13H19F2N3O2S. The molecule has 0 aliphatic carbocycles. The number of piperidine rings is 1. The minimum absolute atomic E-state index is 0.242. The first kappa shape index (κ1) is 16.3. The van der Waals surface area contributed by atoms with Crippen molar-refractivity contribution in [1.82, 2.24) is 9.62 Å². The summed E-state index contributed by atoms with van der Waals surface area (Å²) in [5.41, 5.74) is 5.48. The van der Waals surface area contributed by atoms with E-state index in [1.165, 1.54) is 0 Å². The van der Waals surface area contributed by atoms with Gasteiger partial charge in [-0.15, -0.1) is 0 Å². The van der Waals surface area contributed by atoms with Crippen LogP contribution in [0.5, 0.6) is 0 Å². The fourth-order valence-electron chi connectivity index (χ4n) is 2.43. The molecule has 1 saturated heterocycles. The Kier molecular flexibility index (Phi) is 5.26. The summed E-state index contributed by atoms with van der Waals surface area (Å²) in [7, 11) is -3.97. The van der Waals surface area contributed by atoms with Crippen LogP contribution in [0.2, 0.25) is 0 Å². The highest BCUT2D eigenvalue weighted by Gasteiger charge is 2.26. The van der Waals surface area contributed by atoms with Gasteiger partial charge in [0.1, 0.15) is 16.5 Å². The summed E-state index contributed by atoms with van der Waals surface area (Å²) in [6.07, 6.45) is 1.28. The van der Waals surface area contributed by atoms with Crippen molar-refractivity contribution in [2.75, 3.05) is 26.2 Å². The van der Waals surface area contributed by atoms with Crippen LogP contribution in [0.1, 0.15) is 12.8 Å². The van der Waals surface area contributed by atoms with Crippen LogP contribution in [0.4, 0.5) is 8.78 Å². The number of benzene rings is 1. The van der Waals surface area contributed by atoms with Crippen LogP contribution in [0.3, 0.4) is 0 Å². The molecule has 3 N–H and O–H groups in total. The number of nitrogens with one attached hydrogen (secondary N) is 1. The van der Waals surface area contributed by atoms with Gasteiger partial charge in [-0.2, -0.15) is 0 Å². The van der Waals surface area contributed by atoms with Gasteiger partial charge in [-0.3, -0.25) is 0 Å². The molecule has 1 aliphatic rings. The summed E-state index contributed by atoms with van der Waals surface area (Å²) in [5.74, 6) is -1.88. The Morgan fingerprint density at radius 2 is 1.95 bits per heavy atom. The van der Waals surface area contributed by atoms with Crippen LogP contribution in [-0.2, 0) is 10.0 Å². The molecule has 0 aromatic heterocycles. The summed E-state index contributed by atoms with van der Waals surface area (Å²) >= 11 is 0. The molecule has 5 nitrogen and oxygen atoms in total. The predicted molar refractivity (Wildman–Crippen MR) is 75.2 cm³/mol. The Labute approximate surface area is 123 Å².